The molecule has 3 nitrogen and oxygen atoms in total. The van der Waals surface area contributed by atoms with Crippen molar-refractivity contribution in [3.63, 3.8) is 0 Å². The molecule has 0 aliphatic rings. The van der Waals surface area contributed by atoms with Crippen LogP contribution in [-0.2, 0) is 13.2 Å². The van der Waals surface area contributed by atoms with Crippen molar-refractivity contribution in [1.29, 1.82) is 0 Å². The van der Waals surface area contributed by atoms with E-state index >= 15 is 0 Å². The zero-order chi connectivity index (χ0) is 11.2. The van der Waals surface area contributed by atoms with Crippen molar-refractivity contribution in [3.8, 4) is 5.75 Å². The third kappa shape index (κ3) is 3.05. The first-order chi connectivity index (χ1) is 7.88. The van der Waals surface area contributed by atoms with Crippen LogP contribution >= 0.6 is 11.3 Å². The van der Waals surface area contributed by atoms with Crippen LogP contribution in [0.5, 0.6) is 5.75 Å². The monoisotopic (exact) mass is 234 g/mol. The zero-order valence-electron chi connectivity index (χ0n) is 9.14. The normalized spacial score (nSPS) is 10.3. The van der Waals surface area contributed by atoms with Gasteiger partial charge >= 0.3 is 0 Å². The fourth-order valence-corrected chi connectivity index (χ4v) is 2.11. The van der Waals surface area contributed by atoms with Crippen LogP contribution < -0.4 is 10.1 Å². The van der Waals surface area contributed by atoms with Gasteiger partial charge in [-0.15, -0.1) is 11.3 Å². The highest BCUT2D eigenvalue weighted by atomic mass is 32.1. The minimum Gasteiger partial charge on any atom is -0.487 e. The Hall–Kier alpha value is -1.39. The molecule has 4 heteroatoms. The second-order valence-corrected chi connectivity index (χ2v) is 4.31. The fraction of sp³-hybridized carbons (Fsp3) is 0.250. The molecule has 2 aromatic rings. The zero-order valence-corrected chi connectivity index (χ0v) is 9.96. The third-order valence-electron chi connectivity index (χ3n) is 2.06. The predicted octanol–water partition coefficient (Wildman–Crippen LogP) is 2.44. The van der Waals surface area contributed by atoms with E-state index in [1.165, 1.54) is 0 Å². The number of hydrogen-bond acceptors (Lipinski definition) is 4. The highest BCUT2D eigenvalue weighted by molar-refractivity contribution is 7.09. The maximum Gasteiger partial charge on any atom is 0.131 e. The van der Waals surface area contributed by atoms with Gasteiger partial charge in [0.2, 0.25) is 0 Å². The summed E-state index contributed by atoms with van der Waals surface area (Å²) in [6.07, 6.45) is 0. The van der Waals surface area contributed by atoms with Gasteiger partial charge in [0.05, 0.1) is 5.69 Å². The number of hydrogen-bond donors (Lipinski definition) is 1. The Labute approximate surface area is 99.1 Å². The van der Waals surface area contributed by atoms with E-state index in [0.29, 0.717) is 6.61 Å². The van der Waals surface area contributed by atoms with Crippen LogP contribution in [0.25, 0.3) is 0 Å². The average molecular weight is 234 g/mol. The summed E-state index contributed by atoms with van der Waals surface area (Å²) in [5.74, 6) is 0.880. The van der Waals surface area contributed by atoms with Gasteiger partial charge in [0.1, 0.15) is 17.4 Å². The van der Waals surface area contributed by atoms with Gasteiger partial charge in [-0.2, -0.15) is 0 Å². The summed E-state index contributed by atoms with van der Waals surface area (Å²) in [5, 5.41) is 6.21. The summed E-state index contributed by atoms with van der Waals surface area (Å²) < 4.78 is 5.61. The van der Waals surface area contributed by atoms with Gasteiger partial charge in [-0.25, -0.2) is 4.98 Å². The molecular formula is C12H14N2OS. The number of nitrogens with one attached hydrogen (secondary N) is 1. The van der Waals surface area contributed by atoms with Crippen molar-refractivity contribution in [2.75, 3.05) is 7.05 Å². The van der Waals surface area contributed by atoms with Crippen LogP contribution in [0.2, 0.25) is 0 Å². The number of benzene rings is 1. The van der Waals surface area contributed by atoms with Gasteiger partial charge in [-0.05, 0) is 19.2 Å². The maximum atomic E-state index is 5.61. The molecule has 0 radical (unpaired) electrons. The van der Waals surface area contributed by atoms with Gasteiger partial charge < -0.3 is 10.1 Å². The van der Waals surface area contributed by atoms with Crippen LogP contribution in [0.1, 0.15) is 10.7 Å². The second kappa shape index (κ2) is 5.63. The van der Waals surface area contributed by atoms with E-state index in [9.17, 15) is 0 Å². The molecule has 1 heterocycles. The van der Waals surface area contributed by atoms with E-state index < -0.39 is 0 Å². The van der Waals surface area contributed by atoms with Gasteiger partial charge in [0.15, 0.2) is 0 Å². The molecular weight excluding hydrogens is 220 g/mol. The van der Waals surface area contributed by atoms with E-state index in [1.807, 2.05) is 42.8 Å². The smallest absolute Gasteiger partial charge is 0.131 e. The third-order valence-corrected chi connectivity index (χ3v) is 2.95. The SMILES string of the molecule is CNCc1nc(COc2ccccc2)cs1. The van der Waals surface area contributed by atoms with Crippen molar-refractivity contribution >= 4 is 11.3 Å². The van der Waals surface area contributed by atoms with E-state index in [1.54, 1.807) is 11.3 Å². The Morgan fingerprint density at radius 3 is 2.88 bits per heavy atom. The molecule has 1 aromatic carbocycles. The quantitative estimate of drug-likeness (QED) is 0.862. The van der Waals surface area contributed by atoms with Crippen molar-refractivity contribution in [3.05, 3.63) is 46.4 Å². The predicted molar refractivity (Wildman–Crippen MR) is 65.7 cm³/mol. The lowest BCUT2D eigenvalue weighted by molar-refractivity contribution is 0.302. The summed E-state index contributed by atoms with van der Waals surface area (Å²) in [5.41, 5.74) is 0.985. The molecule has 0 fully saturated rings. The van der Waals surface area contributed by atoms with Gasteiger partial charge in [0, 0.05) is 11.9 Å². The lowest BCUT2D eigenvalue weighted by atomic mass is 10.3. The summed E-state index contributed by atoms with van der Waals surface area (Å²) in [7, 11) is 1.92. The topological polar surface area (TPSA) is 34.2 Å². The molecule has 2 rings (SSSR count). The number of nitrogens with zero attached hydrogens (tertiary/aromatic N) is 1. The van der Waals surface area contributed by atoms with Gasteiger partial charge in [-0.1, -0.05) is 18.2 Å². The molecule has 0 spiro atoms. The molecule has 16 heavy (non-hydrogen) atoms. The van der Waals surface area contributed by atoms with Crippen molar-refractivity contribution in [2.24, 2.45) is 0 Å². The Bertz CT molecular complexity index is 428. The Kier molecular flexibility index (Phi) is 3.91. The molecule has 0 saturated carbocycles. The fourth-order valence-electron chi connectivity index (χ4n) is 1.32. The minimum atomic E-state index is 0.532. The van der Waals surface area contributed by atoms with Gasteiger partial charge in [0.25, 0.3) is 0 Å². The average Bonchev–Trinajstić information content (AvgIpc) is 2.76. The van der Waals surface area contributed by atoms with E-state index in [-0.39, 0.29) is 0 Å². The molecule has 1 N–H and O–H groups in total. The number of thiazole rings is 1. The highest BCUT2D eigenvalue weighted by Gasteiger charge is 2.01. The Morgan fingerprint density at radius 2 is 2.12 bits per heavy atom. The Balaban J connectivity index is 1.89. The molecule has 0 amide bonds. The first-order valence-electron chi connectivity index (χ1n) is 5.14. The Morgan fingerprint density at radius 1 is 1.31 bits per heavy atom. The molecule has 0 aliphatic carbocycles. The molecule has 1 aromatic heterocycles. The van der Waals surface area contributed by atoms with Gasteiger partial charge in [-0.3, -0.25) is 0 Å². The van der Waals surface area contributed by atoms with Crippen molar-refractivity contribution in [2.45, 2.75) is 13.2 Å². The van der Waals surface area contributed by atoms with Crippen LogP contribution in [0.15, 0.2) is 35.7 Å². The van der Waals surface area contributed by atoms with E-state index in [0.717, 1.165) is 23.0 Å². The van der Waals surface area contributed by atoms with E-state index in [2.05, 4.69) is 10.3 Å². The number of para-hydroxylation sites is 1. The van der Waals surface area contributed by atoms with E-state index in [4.69, 9.17) is 4.74 Å². The maximum absolute atomic E-state index is 5.61. The summed E-state index contributed by atoms with van der Waals surface area (Å²) in [6.45, 7) is 1.35. The van der Waals surface area contributed by atoms with Crippen LogP contribution in [0.4, 0.5) is 0 Å². The van der Waals surface area contributed by atoms with Crippen LogP contribution in [0.3, 0.4) is 0 Å². The van der Waals surface area contributed by atoms with Crippen LogP contribution in [-0.4, -0.2) is 12.0 Å². The lowest BCUT2D eigenvalue weighted by Crippen LogP contribution is -2.05. The molecule has 0 bridgehead atoms. The second-order valence-electron chi connectivity index (χ2n) is 3.36. The highest BCUT2D eigenvalue weighted by Crippen LogP contribution is 2.14. The molecule has 0 unspecified atom stereocenters. The summed E-state index contributed by atoms with van der Waals surface area (Å²) >= 11 is 1.66. The van der Waals surface area contributed by atoms with Crippen molar-refractivity contribution in [1.82, 2.24) is 10.3 Å². The summed E-state index contributed by atoms with van der Waals surface area (Å²) in [6, 6.07) is 9.79. The first kappa shape index (κ1) is 11.1. The molecule has 0 saturated heterocycles. The summed E-state index contributed by atoms with van der Waals surface area (Å²) in [4.78, 5) is 4.45. The number of rotatable bonds is 5. The number of aromatic nitrogens is 1. The standard InChI is InChI=1S/C12H14N2OS/c1-13-7-12-14-10(9-16-12)8-15-11-5-3-2-4-6-11/h2-6,9,13H,7-8H2,1H3. The molecule has 0 atom stereocenters. The molecule has 0 aliphatic heterocycles. The minimum absolute atomic E-state index is 0.532. The van der Waals surface area contributed by atoms with Crippen LogP contribution in [0, 0.1) is 0 Å². The van der Waals surface area contributed by atoms with Crippen molar-refractivity contribution < 1.29 is 4.74 Å². The molecule has 84 valence electrons. The lowest BCUT2D eigenvalue weighted by Gasteiger charge is -2.02. The largest absolute Gasteiger partial charge is 0.487 e. The number of ether oxygens (including phenoxy) is 1. The first-order valence-corrected chi connectivity index (χ1v) is 6.02.